The number of nitriles is 1. The maximum absolute atomic E-state index is 11.5. The van der Waals surface area contributed by atoms with Gasteiger partial charge in [0.05, 0.1) is 18.2 Å². The van der Waals surface area contributed by atoms with E-state index in [0.717, 1.165) is 11.1 Å². The number of hydrogen-bond donors (Lipinski definition) is 1. The minimum absolute atomic E-state index is 0.296. The lowest BCUT2D eigenvalue weighted by Gasteiger charge is -2.09. The predicted molar refractivity (Wildman–Crippen MR) is 59.8 cm³/mol. The van der Waals surface area contributed by atoms with E-state index in [1.807, 2.05) is 19.1 Å². The lowest BCUT2D eigenvalue weighted by Crippen LogP contribution is -2.09. The maximum Gasteiger partial charge on any atom is 0.339 e. The van der Waals surface area contributed by atoms with Gasteiger partial charge in [0.15, 0.2) is 0 Å². The Balaban J connectivity index is 3.44. The molecule has 4 heteroatoms. The van der Waals surface area contributed by atoms with Gasteiger partial charge in [-0.15, -0.1) is 0 Å². The molecule has 1 rings (SSSR count). The fraction of sp³-hybridized carbons (Fsp3) is 0.333. The van der Waals surface area contributed by atoms with Gasteiger partial charge in [-0.1, -0.05) is 13.0 Å². The number of hydrogen-bond acceptors (Lipinski definition) is 4. The van der Waals surface area contributed by atoms with E-state index >= 15 is 0 Å². The van der Waals surface area contributed by atoms with Crippen LogP contribution >= 0.6 is 0 Å². The van der Waals surface area contributed by atoms with Crippen molar-refractivity contribution in [3.63, 3.8) is 0 Å². The molecule has 0 aliphatic heterocycles. The monoisotopic (exact) mass is 218 g/mol. The van der Waals surface area contributed by atoms with E-state index in [0.29, 0.717) is 24.1 Å². The van der Waals surface area contributed by atoms with Gasteiger partial charge in [-0.3, -0.25) is 0 Å². The number of rotatable bonds is 3. The number of esters is 1. The molecule has 0 unspecified atom stereocenters. The molecular formula is C12H14N2O2. The third-order valence-corrected chi connectivity index (χ3v) is 2.41. The van der Waals surface area contributed by atoms with Crippen LogP contribution in [0.3, 0.4) is 0 Å². The van der Waals surface area contributed by atoms with Crippen LogP contribution in [0.1, 0.15) is 34.0 Å². The van der Waals surface area contributed by atoms with E-state index < -0.39 is 5.97 Å². The van der Waals surface area contributed by atoms with Crippen molar-refractivity contribution in [2.24, 2.45) is 5.73 Å². The van der Waals surface area contributed by atoms with Crippen LogP contribution in [-0.2, 0) is 17.7 Å². The molecule has 1 aromatic rings. The van der Waals surface area contributed by atoms with Crippen LogP contribution in [0.4, 0.5) is 0 Å². The molecule has 0 amide bonds. The quantitative estimate of drug-likeness (QED) is 0.777. The van der Waals surface area contributed by atoms with Crippen molar-refractivity contribution in [2.45, 2.75) is 19.9 Å². The summed E-state index contributed by atoms with van der Waals surface area (Å²) in [6.45, 7) is 2.26. The first kappa shape index (κ1) is 12.2. The largest absolute Gasteiger partial charge is 0.465 e. The maximum atomic E-state index is 11.5. The lowest BCUT2D eigenvalue weighted by molar-refractivity contribution is 0.0600. The molecule has 0 spiro atoms. The summed E-state index contributed by atoms with van der Waals surface area (Å²) >= 11 is 0. The third kappa shape index (κ3) is 2.20. The second-order valence-corrected chi connectivity index (χ2v) is 3.34. The molecule has 0 fully saturated rings. The number of aryl methyl sites for hydroxylation is 1. The Morgan fingerprint density at radius 2 is 2.25 bits per heavy atom. The molecular weight excluding hydrogens is 204 g/mol. The normalized spacial score (nSPS) is 9.62. The van der Waals surface area contributed by atoms with Crippen LogP contribution in [0.25, 0.3) is 0 Å². The fourth-order valence-corrected chi connectivity index (χ4v) is 1.57. The first-order valence-corrected chi connectivity index (χ1v) is 5.02. The summed E-state index contributed by atoms with van der Waals surface area (Å²) in [6.07, 6.45) is 0.681. The Morgan fingerprint density at radius 1 is 1.56 bits per heavy atom. The molecule has 0 saturated heterocycles. The molecule has 0 aliphatic carbocycles. The van der Waals surface area contributed by atoms with Crippen molar-refractivity contribution in [2.75, 3.05) is 7.11 Å². The van der Waals surface area contributed by atoms with Gasteiger partial charge in [0.25, 0.3) is 0 Å². The van der Waals surface area contributed by atoms with Crippen LogP contribution in [0.5, 0.6) is 0 Å². The number of ether oxygens (including phenoxy) is 1. The Bertz CT molecular complexity index is 447. The van der Waals surface area contributed by atoms with E-state index in [1.165, 1.54) is 7.11 Å². The van der Waals surface area contributed by atoms with Crippen LogP contribution in [0.2, 0.25) is 0 Å². The molecule has 0 radical (unpaired) electrons. The Morgan fingerprint density at radius 3 is 2.69 bits per heavy atom. The zero-order valence-electron chi connectivity index (χ0n) is 9.41. The van der Waals surface area contributed by atoms with Crippen molar-refractivity contribution in [1.29, 1.82) is 5.26 Å². The fourth-order valence-electron chi connectivity index (χ4n) is 1.57. The molecule has 2 N–H and O–H groups in total. The van der Waals surface area contributed by atoms with Crippen molar-refractivity contribution in [1.82, 2.24) is 0 Å². The first-order valence-electron chi connectivity index (χ1n) is 5.02. The summed E-state index contributed by atoms with van der Waals surface area (Å²) in [6, 6.07) is 5.51. The molecule has 0 saturated carbocycles. The number of carbonyl (C=O) groups excluding carboxylic acids is 1. The highest BCUT2D eigenvalue weighted by molar-refractivity contribution is 5.92. The van der Waals surface area contributed by atoms with Crippen molar-refractivity contribution >= 4 is 5.97 Å². The summed E-state index contributed by atoms with van der Waals surface area (Å²) in [5.74, 6) is -0.499. The van der Waals surface area contributed by atoms with E-state index in [-0.39, 0.29) is 0 Å². The van der Waals surface area contributed by atoms with Gasteiger partial charge in [-0.25, -0.2) is 4.79 Å². The Hall–Kier alpha value is -1.86. The highest BCUT2D eigenvalue weighted by Crippen LogP contribution is 2.18. The molecule has 0 heterocycles. The topological polar surface area (TPSA) is 76.1 Å². The van der Waals surface area contributed by atoms with Crippen LogP contribution in [-0.4, -0.2) is 13.1 Å². The summed E-state index contributed by atoms with van der Waals surface area (Å²) in [7, 11) is 1.30. The number of methoxy groups -OCH3 is 1. The highest BCUT2D eigenvalue weighted by atomic mass is 16.5. The first-order chi connectivity index (χ1) is 7.67. The number of nitrogens with two attached hydrogens (primary N) is 1. The van der Waals surface area contributed by atoms with Gasteiger partial charge in [0.2, 0.25) is 0 Å². The number of carbonyl (C=O) groups is 1. The van der Waals surface area contributed by atoms with Crippen LogP contribution in [0, 0.1) is 11.3 Å². The van der Waals surface area contributed by atoms with E-state index in [9.17, 15) is 4.79 Å². The summed E-state index contributed by atoms with van der Waals surface area (Å²) < 4.78 is 4.65. The molecule has 16 heavy (non-hydrogen) atoms. The lowest BCUT2D eigenvalue weighted by atomic mass is 9.97. The van der Waals surface area contributed by atoms with Gasteiger partial charge < -0.3 is 10.5 Å². The molecule has 0 aliphatic rings. The minimum Gasteiger partial charge on any atom is -0.465 e. The smallest absolute Gasteiger partial charge is 0.339 e. The SMILES string of the molecule is CCc1cc(CN)cc(C(=O)OC)c1C#N. The third-order valence-electron chi connectivity index (χ3n) is 2.41. The Kier molecular flexibility index (Phi) is 4.03. The van der Waals surface area contributed by atoms with Gasteiger partial charge in [-0.05, 0) is 23.6 Å². The summed E-state index contributed by atoms with van der Waals surface area (Å²) in [4.78, 5) is 11.5. The highest BCUT2D eigenvalue weighted by Gasteiger charge is 2.16. The summed E-state index contributed by atoms with van der Waals surface area (Å²) in [5.41, 5.74) is 7.87. The van der Waals surface area contributed by atoms with Crippen molar-refractivity contribution < 1.29 is 9.53 Å². The zero-order valence-corrected chi connectivity index (χ0v) is 9.41. The van der Waals surface area contributed by atoms with Gasteiger partial charge >= 0.3 is 5.97 Å². The minimum atomic E-state index is -0.499. The van der Waals surface area contributed by atoms with Crippen LogP contribution in [0.15, 0.2) is 12.1 Å². The predicted octanol–water partition coefficient (Wildman–Crippen LogP) is 1.37. The standard InChI is InChI=1S/C12H14N2O2/c1-3-9-4-8(6-13)5-10(11(9)7-14)12(15)16-2/h4-5H,3,6,13H2,1-2H3. The van der Waals surface area contributed by atoms with Gasteiger partial charge in [-0.2, -0.15) is 5.26 Å². The van der Waals surface area contributed by atoms with Crippen molar-refractivity contribution in [3.05, 3.63) is 34.4 Å². The van der Waals surface area contributed by atoms with Gasteiger partial charge in [0, 0.05) is 6.54 Å². The summed E-state index contributed by atoms with van der Waals surface area (Å²) in [5, 5.41) is 9.05. The molecule has 0 atom stereocenters. The number of nitrogens with zero attached hydrogens (tertiary/aromatic N) is 1. The zero-order chi connectivity index (χ0) is 12.1. The molecule has 4 nitrogen and oxygen atoms in total. The average Bonchev–Trinajstić information content (AvgIpc) is 2.35. The second kappa shape index (κ2) is 5.29. The van der Waals surface area contributed by atoms with E-state index in [4.69, 9.17) is 11.0 Å². The van der Waals surface area contributed by atoms with Gasteiger partial charge in [0.1, 0.15) is 6.07 Å². The Labute approximate surface area is 94.6 Å². The van der Waals surface area contributed by atoms with E-state index in [2.05, 4.69) is 4.74 Å². The average molecular weight is 218 g/mol. The number of benzene rings is 1. The van der Waals surface area contributed by atoms with Crippen molar-refractivity contribution in [3.8, 4) is 6.07 Å². The molecule has 0 aromatic heterocycles. The van der Waals surface area contributed by atoms with Crippen LogP contribution < -0.4 is 5.73 Å². The molecule has 0 bridgehead atoms. The second-order valence-electron chi connectivity index (χ2n) is 3.34. The molecule has 84 valence electrons. The van der Waals surface area contributed by atoms with E-state index in [1.54, 1.807) is 6.07 Å². The molecule has 1 aromatic carbocycles.